The van der Waals surface area contributed by atoms with Crippen molar-refractivity contribution >= 4 is 0 Å². The predicted octanol–water partition coefficient (Wildman–Crippen LogP) is 3.31. The van der Waals surface area contributed by atoms with Gasteiger partial charge in [0, 0.05) is 42.5 Å². The summed E-state index contributed by atoms with van der Waals surface area (Å²) in [7, 11) is 0. The van der Waals surface area contributed by atoms with Gasteiger partial charge in [0.2, 0.25) is 5.56 Å². The largest absolute Gasteiger partial charge is 0.329 e. The van der Waals surface area contributed by atoms with E-state index in [1.807, 2.05) is 36.7 Å². The lowest BCUT2D eigenvalue weighted by Crippen LogP contribution is -2.45. The summed E-state index contributed by atoms with van der Waals surface area (Å²) in [6.07, 6.45) is 8.46. The molecule has 0 amide bonds. The van der Waals surface area contributed by atoms with Crippen LogP contribution in [0.5, 0.6) is 0 Å². The second-order valence-electron chi connectivity index (χ2n) is 8.09. The van der Waals surface area contributed by atoms with Crippen molar-refractivity contribution < 1.29 is 0 Å². The van der Waals surface area contributed by atoms with Gasteiger partial charge in [-0.1, -0.05) is 36.4 Å². The van der Waals surface area contributed by atoms with E-state index >= 15 is 0 Å². The standard InChI is InChI=1S/C23H24N4O/c28-20-8-7-17(13-24-20)15-27-12-4-10-23(16-27)11-9-19-14-25-22(26-21(19)23)18-5-2-1-3-6-18/h1-3,5-8,13-14H,4,9-12,15-16H2,(H,24,28). The highest BCUT2D eigenvalue weighted by atomic mass is 16.1. The van der Waals surface area contributed by atoms with Crippen molar-refractivity contribution in [2.45, 2.75) is 37.6 Å². The summed E-state index contributed by atoms with van der Waals surface area (Å²) in [5, 5.41) is 0. The Kier molecular flexibility index (Phi) is 4.32. The molecular weight excluding hydrogens is 348 g/mol. The fraction of sp³-hybridized carbons (Fsp3) is 0.348. The van der Waals surface area contributed by atoms with Gasteiger partial charge in [-0.15, -0.1) is 0 Å². The average molecular weight is 372 g/mol. The van der Waals surface area contributed by atoms with E-state index in [0.29, 0.717) is 0 Å². The number of H-pyrrole nitrogens is 1. The molecule has 5 heteroatoms. The number of fused-ring (bicyclic) bond motifs is 2. The summed E-state index contributed by atoms with van der Waals surface area (Å²) in [4.78, 5) is 26.3. The first-order valence-electron chi connectivity index (χ1n) is 10.0. The molecule has 2 aromatic heterocycles. The Balaban J connectivity index is 1.43. The zero-order valence-electron chi connectivity index (χ0n) is 15.9. The maximum absolute atomic E-state index is 11.3. The van der Waals surface area contributed by atoms with Gasteiger partial charge < -0.3 is 4.98 Å². The first kappa shape index (κ1) is 17.3. The topological polar surface area (TPSA) is 61.9 Å². The summed E-state index contributed by atoms with van der Waals surface area (Å²) in [6, 6.07) is 13.8. The molecular formula is C23H24N4O. The van der Waals surface area contributed by atoms with Crippen molar-refractivity contribution in [3.8, 4) is 11.4 Å². The van der Waals surface area contributed by atoms with E-state index in [1.54, 1.807) is 6.07 Å². The van der Waals surface area contributed by atoms with Crippen molar-refractivity contribution in [1.29, 1.82) is 0 Å². The summed E-state index contributed by atoms with van der Waals surface area (Å²) < 4.78 is 0. The Morgan fingerprint density at radius 2 is 2.00 bits per heavy atom. The minimum atomic E-state index is -0.0475. The fourth-order valence-electron chi connectivity index (χ4n) is 4.83. The van der Waals surface area contributed by atoms with Crippen molar-refractivity contribution in [2.75, 3.05) is 13.1 Å². The summed E-state index contributed by atoms with van der Waals surface area (Å²) in [5.74, 6) is 0.832. The SMILES string of the molecule is O=c1ccc(CN2CCCC3(CCc4cnc(-c5ccccc5)nc43)C2)c[nH]1. The third kappa shape index (κ3) is 3.16. The third-order valence-electron chi connectivity index (χ3n) is 6.18. The summed E-state index contributed by atoms with van der Waals surface area (Å²) >= 11 is 0. The van der Waals surface area contributed by atoms with Crippen molar-refractivity contribution in [2.24, 2.45) is 0 Å². The van der Waals surface area contributed by atoms with E-state index in [1.165, 1.54) is 24.1 Å². The van der Waals surface area contributed by atoms with Gasteiger partial charge in [-0.3, -0.25) is 9.69 Å². The second-order valence-corrected chi connectivity index (χ2v) is 8.09. The van der Waals surface area contributed by atoms with Gasteiger partial charge >= 0.3 is 0 Å². The van der Waals surface area contributed by atoms with Crippen LogP contribution in [0.2, 0.25) is 0 Å². The quantitative estimate of drug-likeness (QED) is 0.766. The Hall–Kier alpha value is -2.79. The normalized spacial score (nSPS) is 21.7. The lowest BCUT2D eigenvalue weighted by molar-refractivity contribution is 0.136. The molecule has 1 aliphatic heterocycles. The predicted molar refractivity (Wildman–Crippen MR) is 109 cm³/mol. The number of nitrogens with one attached hydrogen (secondary N) is 1. The molecule has 1 N–H and O–H groups in total. The summed E-state index contributed by atoms with van der Waals surface area (Å²) in [5.41, 5.74) is 4.88. The van der Waals surface area contributed by atoms with Gasteiger partial charge in [0.25, 0.3) is 0 Å². The first-order chi connectivity index (χ1) is 13.7. The molecule has 5 nitrogen and oxygen atoms in total. The molecule has 5 rings (SSSR count). The maximum Gasteiger partial charge on any atom is 0.247 e. The number of piperidine rings is 1. The van der Waals surface area contributed by atoms with Crippen molar-refractivity contribution in [1.82, 2.24) is 19.9 Å². The van der Waals surface area contributed by atoms with Crippen LogP contribution in [-0.4, -0.2) is 32.9 Å². The molecule has 1 spiro atoms. The fourth-order valence-corrected chi connectivity index (χ4v) is 4.83. The molecule has 0 radical (unpaired) electrons. The number of benzene rings is 1. The molecule has 1 saturated heterocycles. The van der Waals surface area contributed by atoms with Gasteiger partial charge in [-0.2, -0.15) is 0 Å². The van der Waals surface area contributed by atoms with Crippen LogP contribution < -0.4 is 5.56 Å². The second kappa shape index (κ2) is 6.99. The Bertz CT molecular complexity index is 1020. The zero-order chi connectivity index (χ0) is 19.0. The molecule has 0 bridgehead atoms. The van der Waals surface area contributed by atoms with E-state index in [0.717, 1.165) is 49.4 Å². The highest BCUT2D eigenvalue weighted by molar-refractivity contribution is 5.55. The minimum absolute atomic E-state index is 0.0475. The number of hydrogen-bond acceptors (Lipinski definition) is 4. The molecule has 0 saturated carbocycles. The van der Waals surface area contributed by atoms with E-state index in [9.17, 15) is 4.79 Å². The number of rotatable bonds is 3. The van der Waals surface area contributed by atoms with E-state index in [2.05, 4.69) is 27.0 Å². The lowest BCUT2D eigenvalue weighted by atomic mass is 9.77. The van der Waals surface area contributed by atoms with Crippen LogP contribution in [0.1, 0.15) is 36.1 Å². The van der Waals surface area contributed by atoms with Crippen LogP contribution in [0, 0.1) is 0 Å². The minimum Gasteiger partial charge on any atom is -0.329 e. The Morgan fingerprint density at radius 1 is 1.11 bits per heavy atom. The number of aromatic nitrogens is 3. The highest BCUT2D eigenvalue weighted by Gasteiger charge is 2.43. The van der Waals surface area contributed by atoms with Crippen LogP contribution in [-0.2, 0) is 18.4 Å². The zero-order valence-corrected chi connectivity index (χ0v) is 15.9. The molecule has 1 atom stereocenters. The van der Waals surface area contributed by atoms with Crippen LogP contribution in [0.4, 0.5) is 0 Å². The van der Waals surface area contributed by atoms with Crippen molar-refractivity contribution in [3.63, 3.8) is 0 Å². The number of nitrogens with zero attached hydrogens (tertiary/aromatic N) is 3. The van der Waals surface area contributed by atoms with Crippen LogP contribution in [0.25, 0.3) is 11.4 Å². The smallest absolute Gasteiger partial charge is 0.247 e. The van der Waals surface area contributed by atoms with Crippen LogP contribution in [0.15, 0.2) is 59.7 Å². The van der Waals surface area contributed by atoms with Gasteiger partial charge in [-0.05, 0) is 43.4 Å². The van der Waals surface area contributed by atoms with E-state index < -0.39 is 0 Å². The summed E-state index contributed by atoms with van der Waals surface area (Å²) in [6.45, 7) is 2.97. The Labute approximate surface area is 164 Å². The van der Waals surface area contributed by atoms with Crippen molar-refractivity contribution in [3.05, 3.63) is 82.0 Å². The number of hydrogen-bond donors (Lipinski definition) is 1. The molecule has 3 heterocycles. The third-order valence-corrected chi connectivity index (χ3v) is 6.18. The van der Waals surface area contributed by atoms with E-state index in [4.69, 9.17) is 4.98 Å². The first-order valence-corrected chi connectivity index (χ1v) is 10.0. The molecule has 28 heavy (non-hydrogen) atoms. The van der Waals surface area contributed by atoms with Crippen LogP contribution >= 0.6 is 0 Å². The van der Waals surface area contributed by atoms with Gasteiger partial charge in [0.15, 0.2) is 5.82 Å². The van der Waals surface area contributed by atoms with Gasteiger partial charge in [-0.25, -0.2) is 9.97 Å². The van der Waals surface area contributed by atoms with Gasteiger partial charge in [0.05, 0.1) is 5.69 Å². The molecule has 3 aromatic rings. The maximum atomic E-state index is 11.3. The van der Waals surface area contributed by atoms with E-state index in [-0.39, 0.29) is 11.0 Å². The molecule has 1 aliphatic carbocycles. The molecule has 2 aliphatic rings. The highest BCUT2D eigenvalue weighted by Crippen LogP contribution is 2.44. The number of aromatic amines is 1. The number of pyridine rings is 1. The lowest BCUT2D eigenvalue weighted by Gasteiger charge is -2.40. The monoisotopic (exact) mass is 372 g/mol. The average Bonchev–Trinajstić information content (AvgIpc) is 3.08. The number of aryl methyl sites for hydroxylation is 1. The van der Waals surface area contributed by atoms with Crippen LogP contribution in [0.3, 0.4) is 0 Å². The molecule has 1 unspecified atom stereocenters. The Morgan fingerprint density at radius 3 is 2.82 bits per heavy atom. The molecule has 1 aromatic carbocycles. The number of likely N-dealkylation sites (tertiary alicyclic amines) is 1. The molecule has 1 fully saturated rings. The molecule has 142 valence electrons. The van der Waals surface area contributed by atoms with Gasteiger partial charge in [0.1, 0.15) is 0 Å².